The molecule has 39 heavy (non-hydrogen) atoms. The van der Waals surface area contributed by atoms with Crippen LogP contribution in [-0.2, 0) is 14.8 Å². The number of anilines is 1. The van der Waals surface area contributed by atoms with Gasteiger partial charge in [0.05, 0.1) is 22.4 Å². The number of ether oxygens (including phenoxy) is 1. The van der Waals surface area contributed by atoms with Crippen molar-refractivity contribution in [1.29, 1.82) is 0 Å². The summed E-state index contributed by atoms with van der Waals surface area (Å²) in [7, 11) is -4.02. The van der Waals surface area contributed by atoms with E-state index in [1.807, 2.05) is 19.1 Å². The molecule has 0 saturated heterocycles. The second kappa shape index (κ2) is 12.2. The second-order valence-electron chi connectivity index (χ2n) is 8.73. The van der Waals surface area contributed by atoms with Crippen molar-refractivity contribution < 1.29 is 22.7 Å². The monoisotopic (exact) mass is 541 g/mol. The van der Waals surface area contributed by atoms with E-state index in [0.29, 0.717) is 22.6 Å². The van der Waals surface area contributed by atoms with E-state index in [2.05, 4.69) is 10.5 Å². The lowest BCUT2D eigenvalue weighted by atomic mass is 10.1. The molecule has 0 aliphatic rings. The molecule has 0 bridgehead atoms. The highest BCUT2D eigenvalue weighted by atomic mass is 32.2. The van der Waals surface area contributed by atoms with Crippen LogP contribution in [0.1, 0.15) is 27.0 Å². The van der Waals surface area contributed by atoms with E-state index < -0.39 is 28.4 Å². The van der Waals surface area contributed by atoms with Crippen molar-refractivity contribution in [2.45, 2.75) is 18.7 Å². The molecule has 0 spiro atoms. The van der Waals surface area contributed by atoms with Gasteiger partial charge in [0.2, 0.25) is 0 Å². The molecule has 4 aromatic rings. The number of benzene rings is 4. The molecular formula is C30H27N3O5S. The van der Waals surface area contributed by atoms with Crippen LogP contribution in [0.4, 0.5) is 5.69 Å². The van der Waals surface area contributed by atoms with Crippen LogP contribution in [-0.4, -0.2) is 33.1 Å². The number of esters is 1. The highest BCUT2D eigenvalue weighted by Gasteiger charge is 2.28. The van der Waals surface area contributed by atoms with Gasteiger partial charge < -0.3 is 4.74 Å². The van der Waals surface area contributed by atoms with Gasteiger partial charge in [0.25, 0.3) is 15.9 Å². The van der Waals surface area contributed by atoms with Crippen molar-refractivity contribution in [3.63, 3.8) is 0 Å². The fraction of sp³-hybridized carbons (Fsp3) is 0.100. The molecule has 0 unspecified atom stereocenters. The molecular weight excluding hydrogens is 514 g/mol. The number of nitrogens with zero attached hydrogens (tertiary/aromatic N) is 2. The summed E-state index contributed by atoms with van der Waals surface area (Å²) in [6, 6.07) is 28.5. The fourth-order valence-electron chi connectivity index (χ4n) is 3.81. The van der Waals surface area contributed by atoms with Gasteiger partial charge in [-0.15, -0.1) is 0 Å². The maximum Gasteiger partial charge on any atom is 0.343 e. The number of carbonyl (C=O) groups excluding carboxylic acids is 2. The quantitative estimate of drug-likeness (QED) is 0.141. The Hall–Kier alpha value is -4.76. The highest BCUT2D eigenvalue weighted by Crippen LogP contribution is 2.27. The summed E-state index contributed by atoms with van der Waals surface area (Å²) in [4.78, 5) is 25.1. The molecule has 1 N–H and O–H groups in total. The standard InChI is InChI=1S/C30H27N3O5S/c1-22-13-18-28(23(2)19-22)33(39(36,37)27-11-7-4-8-12-27)21-29(34)32-31-20-24-14-16-26(17-15-24)38-30(35)25-9-5-3-6-10-25/h3-20H,21H2,1-2H3,(H,32,34)/b31-20-. The van der Waals surface area contributed by atoms with Gasteiger partial charge in [-0.25, -0.2) is 18.6 Å². The number of rotatable bonds is 9. The van der Waals surface area contributed by atoms with E-state index in [4.69, 9.17) is 4.74 Å². The minimum absolute atomic E-state index is 0.0781. The van der Waals surface area contributed by atoms with Gasteiger partial charge in [0.15, 0.2) is 0 Å². The van der Waals surface area contributed by atoms with E-state index in [1.54, 1.807) is 85.8 Å². The number of carbonyl (C=O) groups is 2. The summed E-state index contributed by atoms with van der Waals surface area (Å²) in [5, 5.41) is 3.96. The van der Waals surface area contributed by atoms with Crippen LogP contribution in [0.25, 0.3) is 0 Å². The lowest BCUT2D eigenvalue weighted by molar-refractivity contribution is -0.119. The van der Waals surface area contributed by atoms with Crippen LogP contribution in [0.5, 0.6) is 5.75 Å². The minimum atomic E-state index is -4.02. The largest absolute Gasteiger partial charge is 0.423 e. The van der Waals surface area contributed by atoms with Crippen molar-refractivity contribution in [3.05, 3.63) is 125 Å². The van der Waals surface area contributed by atoms with Gasteiger partial charge in [0, 0.05) is 0 Å². The van der Waals surface area contributed by atoms with E-state index in [9.17, 15) is 18.0 Å². The van der Waals surface area contributed by atoms with Crippen molar-refractivity contribution >= 4 is 33.8 Å². The van der Waals surface area contributed by atoms with Crippen molar-refractivity contribution in [1.82, 2.24) is 5.43 Å². The predicted molar refractivity (Wildman–Crippen MR) is 150 cm³/mol. The molecule has 8 nitrogen and oxygen atoms in total. The SMILES string of the molecule is Cc1ccc(N(CC(=O)N/N=C\c2ccc(OC(=O)c3ccccc3)cc2)S(=O)(=O)c2ccccc2)c(C)c1. The summed E-state index contributed by atoms with van der Waals surface area (Å²) in [6.07, 6.45) is 1.41. The van der Waals surface area contributed by atoms with Gasteiger partial charge in [-0.2, -0.15) is 5.10 Å². The molecule has 0 radical (unpaired) electrons. The first-order chi connectivity index (χ1) is 18.7. The Kier molecular flexibility index (Phi) is 8.53. The maximum absolute atomic E-state index is 13.5. The Labute approximate surface area is 227 Å². The summed E-state index contributed by atoms with van der Waals surface area (Å²) in [5.74, 6) is -0.720. The second-order valence-corrected chi connectivity index (χ2v) is 10.6. The van der Waals surface area contributed by atoms with Crippen LogP contribution in [0.15, 0.2) is 113 Å². The molecule has 0 heterocycles. The zero-order chi connectivity index (χ0) is 27.8. The highest BCUT2D eigenvalue weighted by molar-refractivity contribution is 7.92. The van der Waals surface area contributed by atoms with Gasteiger partial charge in [-0.1, -0.05) is 54.1 Å². The third kappa shape index (κ3) is 6.97. The molecule has 9 heteroatoms. The molecule has 0 aliphatic heterocycles. The topological polar surface area (TPSA) is 105 Å². The number of amides is 1. The van der Waals surface area contributed by atoms with E-state index in [0.717, 1.165) is 15.4 Å². The Balaban J connectivity index is 1.44. The number of hydrogen-bond donors (Lipinski definition) is 1. The van der Waals surface area contributed by atoms with Crippen LogP contribution in [0.3, 0.4) is 0 Å². The fourth-order valence-corrected chi connectivity index (χ4v) is 5.32. The molecule has 0 fully saturated rings. The maximum atomic E-state index is 13.5. The number of hydrogen-bond acceptors (Lipinski definition) is 6. The van der Waals surface area contributed by atoms with Crippen molar-refractivity contribution in [2.24, 2.45) is 5.10 Å². The van der Waals surface area contributed by atoms with Crippen LogP contribution < -0.4 is 14.5 Å². The average molecular weight is 542 g/mol. The van der Waals surface area contributed by atoms with Crippen LogP contribution in [0.2, 0.25) is 0 Å². The molecule has 0 atom stereocenters. The first-order valence-corrected chi connectivity index (χ1v) is 13.5. The van der Waals surface area contributed by atoms with E-state index in [-0.39, 0.29) is 4.90 Å². The third-order valence-corrected chi connectivity index (χ3v) is 7.52. The molecule has 198 valence electrons. The Morgan fingerprint density at radius 3 is 2.15 bits per heavy atom. The van der Waals surface area contributed by atoms with Gasteiger partial charge in [-0.05, 0) is 79.6 Å². The zero-order valence-corrected chi connectivity index (χ0v) is 22.3. The number of hydrazone groups is 1. The molecule has 0 aromatic heterocycles. The Bertz CT molecular complexity index is 1590. The average Bonchev–Trinajstić information content (AvgIpc) is 2.94. The third-order valence-electron chi connectivity index (χ3n) is 5.74. The summed E-state index contributed by atoms with van der Waals surface area (Å²) < 4.78 is 33.4. The molecule has 1 amide bonds. The van der Waals surface area contributed by atoms with Crippen LogP contribution in [0, 0.1) is 13.8 Å². The Morgan fingerprint density at radius 2 is 1.51 bits per heavy atom. The van der Waals surface area contributed by atoms with E-state index >= 15 is 0 Å². The minimum Gasteiger partial charge on any atom is -0.423 e. The van der Waals surface area contributed by atoms with Crippen LogP contribution >= 0.6 is 0 Å². The predicted octanol–water partition coefficient (Wildman–Crippen LogP) is 4.87. The zero-order valence-electron chi connectivity index (χ0n) is 21.4. The molecule has 0 saturated carbocycles. The summed E-state index contributed by atoms with van der Waals surface area (Å²) >= 11 is 0. The van der Waals surface area contributed by atoms with Gasteiger partial charge in [-0.3, -0.25) is 9.10 Å². The number of nitrogens with one attached hydrogen (secondary N) is 1. The lowest BCUT2D eigenvalue weighted by Gasteiger charge is -2.25. The normalized spacial score (nSPS) is 11.2. The first kappa shape index (κ1) is 27.3. The molecule has 0 aliphatic carbocycles. The van der Waals surface area contributed by atoms with Gasteiger partial charge in [0.1, 0.15) is 12.3 Å². The Morgan fingerprint density at radius 1 is 0.872 bits per heavy atom. The van der Waals surface area contributed by atoms with Gasteiger partial charge >= 0.3 is 5.97 Å². The lowest BCUT2D eigenvalue weighted by Crippen LogP contribution is -2.40. The molecule has 4 rings (SSSR count). The number of aryl methyl sites for hydroxylation is 2. The molecule has 4 aromatic carbocycles. The first-order valence-electron chi connectivity index (χ1n) is 12.1. The van der Waals surface area contributed by atoms with Crippen molar-refractivity contribution in [2.75, 3.05) is 10.8 Å². The van der Waals surface area contributed by atoms with E-state index in [1.165, 1.54) is 18.3 Å². The summed E-state index contributed by atoms with van der Waals surface area (Å²) in [6.45, 7) is 3.24. The van der Waals surface area contributed by atoms with Crippen molar-refractivity contribution in [3.8, 4) is 5.75 Å². The number of sulfonamides is 1. The smallest absolute Gasteiger partial charge is 0.343 e. The summed E-state index contributed by atoms with van der Waals surface area (Å²) in [5.41, 5.74) is 5.57.